The van der Waals surface area contributed by atoms with Crippen LogP contribution in [0, 0.1) is 6.92 Å². The summed E-state index contributed by atoms with van der Waals surface area (Å²) >= 11 is 1.33. The molecular formula is C25H25NO3S. The van der Waals surface area contributed by atoms with E-state index in [1.54, 1.807) is 13.8 Å². The van der Waals surface area contributed by atoms with Crippen molar-refractivity contribution < 1.29 is 14.7 Å². The number of rotatable bonds is 8. The first kappa shape index (κ1) is 21.7. The molecule has 30 heavy (non-hydrogen) atoms. The summed E-state index contributed by atoms with van der Waals surface area (Å²) in [5.41, 5.74) is 3.49. The number of ketones is 1. The molecule has 0 spiro atoms. The lowest BCUT2D eigenvalue weighted by atomic mass is 10.0. The summed E-state index contributed by atoms with van der Waals surface area (Å²) in [5, 5.41) is 9.30. The van der Waals surface area contributed by atoms with Crippen molar-refractivity contribution in [3.63, 3.8) is 0 Å². The Hall–Kier alpha value is -3.05. The molecule has 1 aromatic heterocycles. The van der Waals surface area contributed by atoms with E-state index < -0.39 is 10.7 Å². The minimum absolute atomic E-state index is 0.0171. The van der Waals surface area contributed by atoms with E-state index in [2.05, 4.69) is 0 Å². The second kappa shape index (κ2) is 9.18. The number of carbonyl (C=O) groups is 2. The second-order valence-corrected chi connectivity index (χ2v) is 9.38. The summed E-state index contributed by atoms with van der Waals surface area (Å²) in [6, 6.07) is 17.2. The number of carboxylic acids is 1. The minimum atomic E-state index is -0.881. The predicted molar refractivity (Wildman–Crippen MR) is 122 cm³/mol. The normalized spacial score (nSPS) is 11.7. The lowest BCUT2D eigenvalue weighted by Crippen LogP contribution is -2.26. The zero-order valence-electron chi connectivity index (χ0n) is 17.3. The average Bonchev–Trinajstić information content (AvgIpc) is 3.17. The third-order valence-corrected chi connectivity index (χ3v) is 5.87. The first-order valence-electron chi connectivity index (χ1n) is 9.71. The Morgan fingerprint density at radius 2 is 1.80 bits per heavy atom. The van der Waals surface area contributed by atoms with Crippen LogP contribution in [0.4, 0.5) is 0 Å². The number of carboxylic acid groups (broad SMARTS) is 1. The molecule has 0 aliphatic rings. The Bertz CT molecular complexity index is 1080. The van der Waals surface area contributed by atoms with Gasteiger partial charge in [-0.1, -0.05) is 54.1 Å². The van der Waals surface area contributed by atoms with Gasteiger partial charge < -0.3 is 9.67 Å². The van der Waals surface area contributed by atoms with Crippen LogP contribution in [0.1, 0.15) is 40.9 Å². The minimum Gasteiger partial charge on any atom is -0.480 e. The Labute approximate surface area is 181 Å². The topological polar surface area (TPSA) is 59.3 Å². The van der Waals surface area contributed by atoms with Gasteiger partial charge in [0.1, 0.15) is 4.75 Å². The van der Waals surface area contributed by atoms with E-state index in [0.717, 1.165) is 16.0 Å². The van der Waals surface area contributed by atoms with E-state index in [9.17, 15) is 14.7 Å². The molecule has 0 saturated carbocycles. The summed E-state index contributed by atoms with van der Waals surface area (Å²) < 4.78 is 1.08. The number of aryl methyl sites for hydroxylation is 1. The average molecular weight is 420 g/mol. The second-order valence-electron chi connectivity index (χ2n) is 7.68. The van der Waals surface area contributed by atoms with Gasteiger partial charge >= 0.3 is 5.97 Å². The van der Waals surface area contributed by atoms with Crippen LogP contribution < -0.4 is 0 Å². The number of hydrogen-bond donors (Lipinski definition) is 1. The fourth-order valence-electron chi connectivity index (χ4n) is 2.89. The quantitative estimate of drug-likeness (QED) is 0.376. The highest BCUT2D eigenvalue weighted by molar-refractivity contribution is 8.01. The van der Waals surface area contributed by atoms with E-state index in [4.69, 9.17) is 0 Å². The van der Waals surface area contributed by atoms with Gasteiger partial charge in [0.25, 0.3) is 0 Å². The van der Waals surface area contributed by atoms with Crippen molar-refractivity contribution in [2.75, 3.05) is 0 Å². The van der Waals surface area contributed by atoms with Gasteiger partial charge in [-0.25, -0.2) is 0 Å². The number of hydrogen-bond acceptors (Lipinski definition) is 3. The third kappa shape index (κ3) is 5.51. The Morgan fingerprint density at radius 3 is 2.50 bits per heavy atom. The van der Waals surface area contributed by atoms with Gasteiger partial charge in [0, 0.05) is 35.0 Å². The molecule has 0 aliphatic carbocycles. The van der Waals surface area contributed by atoms with E-state index in [-0.39, 0.29) is 5.78 Å². The number of aliphatic carboxylic acids is 1. The molecule has 1 heterocycles. The number of benzene rings is 2. The van der Waals surface area contributed by atoms with Gasteiger partial charge in [-0.05, 0) is 44.5 Å². The summed E-state index contributed by atoms with van der Waals surface area (Å²) in [6.07, 6.45) is 7.77. The lowest BCUT2D eigenvalue weighted by molar-refractivity contribution is -0.138. The predicted octanol–water partition coefficient (Wildman–Crippen LogP) is 5.70. The van der Waals surface area contributed by atoms with Crippen LogP contribution in [-0.4, -0.2) is 26.2 Å². The highest BCUT2D eigenvalue weighted by Crippen LogP contribution is 2.33. The van der Waals surface area contributed by atoms with Crippen LogP contribution in [0.25, 0.3) is 6.08 Å². The maximum absolute atomic E-state index is 12.6. The smallest absolute Gasteiger partial charge is 0.319 e. The van der Waals surface area contributed by atoms with Crippen molar-refractivity contribution in [1.29, 1.82) is 0 Å². The fraction of sp³-hybridized carbons (Fsp3) is 0.200. The lowest BCUT2D eigenvalue weighted by Gasteiger charge is -2.18. The van der Waals surface area contributed by atoms with Gasteiger partial charge in [0.15, 0.2) is 5.78 Å². The van der Waals surface area contributed by atoms with E-state index in [1.165, 1.54) is 11.8 Å². The molecule has 0 saturated heterocycles. The van der Waals surface area contributed by atoms with Crippen molar-refractivity contribution in [3.05, 3.63) is 95.3 Å². The maximum atomic E-state index is 12.6. The monoisotopic (exact) mass is 419 g/mol. The highest BCUT2D eigenvalue weighted by atomic mass is 32.2. The summed E-state index contributed by atoms with van der Waals surface area (Å²) in [7, 11) is 0. The molecule has 154 valence electrons. The summed E-state index contributed by atoms with van der Waals surface area (Å²) in [4.78, 5) is 24.8. The summed E-state index contributed by atoms with van der Waals surface area (Å²) in [6.45, 7) is 6.03. The molecule has 0 amide bonds. The standard InChI is InChI=1S/C25H25NO3S/c1-18-9-11-20(12-10-18)23(27)21-13-15-26(17-21)14-5-7-19-6-4-8-22(16-19)30-25(2,3)24(28)29/h4-13,15-17H,14H2,1-3H3,(H,28,29)/b7-5+. The van der Waals surface area contributed by atoms with Crippen molar-refractivity contribution in [3.8, 4) is 0 Å². The first-order valence-corrected chi connectivity index (χ1v) is 10.5. The molecule has 5 heteroatoms. The molecule has 1 N–H and O–H groups in total. The van der Waals surface area contributed by atoms with Gasteiger partial charge in [-0.3, -0.25) is 9.59 Å². The molecule has 3 rings (SSSR count). The molecule has 0 atom stereocenters. The fourth-order valence-corrected chi connectivity index (χ4v) is 3.91. The van der Waals surface area contributed by atoms with E-state index in [0.29, 0.717) is 17.7 Å². The van der Waals surface area contributed by atoms with Gasteiger partial charge in [0.05, 0.1) is 0 Å². The number of carbonyl (C=O) groups excluding carboxylic acids is 1. The van der Waals surface area contributed by atoms with E-state index >= 15 is 0 Å². The molecule has 0 bridgehead atoms. The SMILES string of the molecule is Cc1ccc(C(=O)c2ccn(C/C=C/c3cccc(SC(C)(C)C(=O)O)c3)c2)cc1. The van der Waals surface area contributed by atoms with Crippen molar-refractivity contribution in [2.24, 2.45) is 0 Å². The Balaban J connectivity index is 1.64. The van der Waals surface area contributed by atoms with Crippen LogP contribution in [0.15, 0.2) is 78.0 Å². The van der Waals surface area contributed by atoms with Gasteiger partial charge in [-0.2, -0.15) is 0 Å². The van der Waals surface area contributed by atoms with Crippen molar-refractivity contribution in [2.45, 2.75) is 37.0 Å². The van der Waals surface area contributed by atoms with E-state index in [1.807, 2.05) is 90.6 Å². The van der Waals surface area contributed by atoms with Crippen molar-refractivity contribution >= 4 is 29.6 Å². The molecule has 0 fully saturated rings. The highest BCUT2D eigenvalue weighted by Gasteiger charge is 2.28. The number of allylic oxidation sites excluding steroid dienone is 1. The molecule has 3 aromatic rings. The number of thioether (sulfide) groups is 1. The van der Waals surface area contributed by atoms with Crippen LogP contribution >= 0.6 is 11.8 Å². The molecule has 0 unspecified atom stereocenters. The maximum Gasteiger partial charge on any atom is 0.319 e. The number of nitrogens with zero attached hydrogens (tertiary/aromatic N) is 1. The molecule has 0 aliphatic heterocycles. The largest absolute Gasteiger partial charge is 0.480 e. The van der Waals surface area contributed by atoms with Gasteiger partial charge in [-0.15, -0.1) is 11.8 Å². The summed E-state index contributed by atoms with van der Waals surface area (Å²) in [5.74, 6) is -0.819. The van der Waals surface area contributed by atoms with Crippen LogP contribution in [0.3, 0.4) is 0 Å². The Morgan fingerprint density at radius 1 is 1.07 bits per heavy atom. The number of aromatic nitrogens is 1. The molecule has 0 radical (unpaired) electrons. The molecule has 2 aromatic carbocycles. The molecular weight excluding hydrogens is 394 g/mol. The molecule has 4 nitrogen and oxygen atoms in total. The van der Waals surface area contributed by atoms with Gasteiger partial charge in [0.2, 0.25) is 0 Å². The van der Waals surface area contributed by atoms with Crippen LogP contribution in [0.5, 0.6) is 0 Å². The first-order chi connectivity index (χ1) is 14.2. The third-order valence-electron chi connectivity index (χ3n) is 4.70. The van der Waals surface area contributed by atoms with Crippen LogP contribution in [-0.2, 0) is 11.3 Å². The Kier molecular flexibility index (Phi) is 6.63. The van der Waals surface area contributed by atoms with Crippen LogP contribution in [0.2, 0.25) is 0 Å². The zero-order chi connectivity index (χ0) is 21.7. The zero-order valence-corrected chi connectivity index (χ0v) is 18.1. The van der Waals surface area contributed by atoms with Crippen molar-refractivity contribution in [1.82, 2.24) is 4.57 Å².